The van der Waals surface area contributed by atoms with Gasteiger partial charge in [-0.15, -0.1) is 0 Å². The summed E-state index contributed by atoms with van der Waals surface area (Å²) in [4.78, 5) is 22.8. The van der Waals surface area contributed by atoms with E-state index >= 15 is 0 Å². The number of carbonyl (C=O) groups excluding carboxylic acids is 2. The van der Waals surface area contributed by atoms with Gasteiger partial charge in [-0.05, 0) is 19.1 Å². The van der Waals surface area contributed by atoms with Crippen molar-refractivity contribution in [2.45, 2.75) is 20.8 Å². The van der Waals surface area contributed by atoms with Gasteiger partial charge in [0.05, 0.1) is 11.1 Å². The molecule has 0 fully saturated rings. The number of benzene rings is 1. The SMILES string of the molecule is CC(=O)c1cccc(C(=O)C(C)C)c1O. The third kappa shape index (κ3) is 2.24. The third-order valence-electron chi connectivity index (χ3n) is 2.21. The van der Waals surface area contributed by atoms with E-state index in [1.807, 2.05) is 0 Å². The van der Waals surface area contributed by atoms with Crippen molar-refractivity contribution in [2.75, 3.05) is 0 Å². The second-order valence-corrected chi connectivity index (χ2v) is 3.78. The van der Waals surface area contributed by atoms with Gasteiger partial charge in [0, 0.05) is 5.92 Å². The number of para-hydroxylation sites is 1. The van der Waals surface area contributed by atoms with E-state index in [2.05, 4.69) is 0 Å². The number of aromatic hydroxyl groups is 1. The van der Waals surface area contributed by atoms with Crippen LogP contribution in [0.1, 0.15) is 41.5 Å². The Morgan fingerprint density at radius 2 is 1.73 bits per heavy atom. The van der Waals surface area contributed by atoms with Crippen LogP contribution in [0.2, 0.25) is 0 Å². The second-order valence-electron chi connectivity index (χ2n) is 3.78. The van der Waals surface area contributed by atoms with Crippen LogP contribution in [0, 0.1) is 5.92 Å². The quantitative estimate of drug-likeness (QED) is 0.773. The van der Waals surface area contributed by atoms with E-state index < -0.39 is 0 Å². The molecule has 15 heavy (non-hydrogen) atoms. The lowest BCUT2D eigenvalue weighted by Gasteiger charge is -2.08. The Labute approximate surface area is 88.7 Å². The van der Waals surface area contributed by atoms with Crippen LogP contribution >= 0.6 is 0 Å². The van der Waals surface area contributed by atoms with Gasteiger partial charge >= 0.3 is 0 Å². The van der Waals surface area contributed by atoms with Crippen molar-refractivity contribution in [3.8, 4) is 5.75 Å². The van der Waals surface area contributed by atoms with E-state index in [0.29, 0.717) is 0 Å². The minimum Gasteiger partial charge on any atom is -0.506 e. The van der Waals surface area contributed by atoms with Crippen molar-refractivity contribution >= 4 is 11.6 Å². The first-order chi connectivity index (χ1) is 6.95. The predicted molar refractivity (Wildman–Crippen MR) is 57.3 cm³/mol. The fourth-order valence-electron chi connectivity index (χ4n) is 1.34. The minimum atomic E-state index is -0.245. The lowest BCUT2D eigenvalue weighted by Crippen LogP contribution is -2.09. The summed E-state index contributed by atoms with van der Waals surface area (Å²) in [7, 11) is 0. The number of phenolic OH excluding ortho intramolecular Hbond substituents is 1. The molecule has 3 nitrogen and oxygen atoms in total. The Kier molecular flexibility index (Phi) is 3.24. The van der Waals surface area contributed by atoms with Crippen molar-refractivity contribution in [1.82, 2.24) is 0 Å². The van der Waals surface area contributed by atoms with Crippen molar-refractivity contribution in [1.29, 1.82) is 0 Å². The van der Waals surface area contributed by atoms with Crippen LogP contribution in [0.3, 0.4) is 0 Å². The Bertz CT molecular complexity index is 405. The molecule has 1 aromatic rings. The summed E-state index contributed by atoms with van der Waals surface area (Å²) in [5.74, 6) is -0.802. The van der Waals surface area contributed by atoms with Gasteiger partial charge in [-0.25, -0.2) is 0 Å². The van der Waals surface area contributed by atoms with Gasteiger partial charge < -0.3 is 5.11 Å². The van der Waals surface area contributed by atoms with Crippen LogP contribution in [0.25, 0.3) is 0 Å². The molecule has 0 radical (unpaired) electrons. The number of hydrogen-bond donors (Lipinski definition) is 1. The molecule has 0 aromatic heterocycles. The van der Waals surface area contributed by atoms with E-state index in [1.54, 1.807) is 19.9 Å². The average molecular weight is 206 g/mol. The molecule has 0 aliphatic rings. The highest BCUT2D eigenvalue weighted by Gasteiger charge is 2.18. The fourth-order valence-corrected chi connectivity index (χ4v) is 1.34. The van der Waals surface area contributed by atoms with Gasteiger partial charge in [0.1, 0.15) is 5.75 Å². The van der Waals surface area contributed by atoms with Crippen LogP contribution in [0.4, 0.5) is 0 Å². The zero-order chi connectivity index (χ0) is 11.6. The molecule has 0 heterocycles. The summed E-state index contributed by atoms with van der Waals surface area (Å²) < 4.78 is 0. The van der Waals surface area contributed by atoms with Crippen molar-refractivity contribution in [3.05, 3.63) is 29.3 Å². The first-order valence-electron chi connectivity index (χ1n) is 4.82. The number of phenols is 1. The molecule has 3 heteroatoms. The van der Waals surface area contributed by atoms with Crippen molar-refractivity contribution < 1.29 is 14.7 Å². The summed E-state index contributed by atoms with van der Waals surface area (Å²) in [6, 6.07) is 4.64. The molecule has 0 saturated carbocycles. The molecule has 1 rings (SSSR count). The molecule has 0 amide bonds. The fraction of sp³-hybridized carbons (Fsp3) is 0.333. The molecule has 80 valence electrons. The minimum absolute atomic E-state index is 0.157. The van der Waals surface area contributed by atoms with Gasteiger partial charge in [0.15, 0.2) is 11.6 Å². The Morgan fingerprint density at radius 3 is 2.20 bits per heavy atom. The number of hydrogen-bond acceptors (Lipinski definition) is 3. The maximum absolute atomic E-state index is 11.7. The van der Waals surface area contributed by atoms with Crippen molar-refractivity contribution in [3.63, 3.8) is 0 Å². The third-order valence-corrected chi connectivity index (χ3v) is 2.21. The smallest absolute Gasteiger partial charge is 0.169 e. The molecule has 0 spiro atoms. The van der Waals surface area contributed by atoms with E-state index in [0.717, 1.165) is 0 Å². The van der Waals surface area contributed by atoms with E-state index in [1.165, 1.54) is 19.1 Å². The lowest BCUT2D eigenvalue weighted by atomic mass is 9.97. The largest absolute Gasteiger partial charge is 0.506 e. The van der Waals surface area contributed by atoms with E-state index in [9.17, 15) is 14.7 Å². The van der Waals surface area contributed by atoms with Gasteiger partial charge in [-0.3, -0.25) is 9.59 Å². The normalized spacial score (nSPS) is 10.4. The summed E-state index contributed by atoms with van der Waals surface area (Å²) in [6.07, 6.45) is 0. The van der Waals surface area contributed by atoms with E-state index in [-0.39, 0.29) is 34.4 Å². The lowest BCUT2D eigenvalue weighted by molar-refractivity contribution is 0.0936. The van der Waals surface area contributed by atoms with Crippen LogP contribution in [-0.4, -0.2) is 16.7 Å². The number of Topliss-reactive ketones (excluding diaryl/α,β-unsaturated/α-hetero) is 2. The highest BCUT2D eigenvalue weighted by atomic mass is 16.3. The Morgan fingerprint density at radius 1 is 1.20 bits per heavy atom. The predicted octanol–water partition coefficient (Wildman–Crippen LogP) is 2.43. The Balaban J connectivity index is 3.27. The standard InChI is InChI=1S/C12H14O3/c1-7(2)11(14)10-6-4-5-9(8(3)13)12(10)15/h4-7,15H,1-3H3. The monoisotopic (exact) mass is 206 g/mol. The number of rotatable bonds is 3. The summed E-state index contributed by atoms with van der Waals surface area (Å²) >= 11 is 0. The van der Waals surface area contributed by atoms with Gasteiger partial charge in [0.25, 0.3) is 0 Å². The summed E-state index contributed by atoms with van der Waals surface area (Å²) in [5.41, 5.74) is 0.416. The average Bonchev–Trinajstić information content (AvgIpc) is 2.16. The molecule has 0 saturated heterocycles. The molecule has 0 aliphatic carbocycles. The summed E-state index contributed by atoms with van der Waals surface area (Å²) in [5, 5.41) is 9.74. The zero-order valence-electron chi connectivity index (χ0n) is 9.07. The van der Waals surface area contributed by atoms with Crippen LogP contribution < -0.4 is 0 Å². The van der Waals surface area contributed by atoms with E-state index in [4.69, 9.17) is 0 Å². The highest BCUT2D eigenvalue weighted by molar-refractivity contribution is 6.05. The van der Waals surface area contributed by atoms with Gasteiger partial charge in [0.2, 0.25) is 0 Å². The first-order valence-corrected chi connectivity index (χ1v) is 4.82. The number of ketones is 2. The molecule has 0 bridgehead atoms. The molecule has 0 atom stereocenters. The highest BCUT2D eigenvalue weighted by Crippen LogP contribution is 2.25. The van der Waals surface area contributed by atoms with Crippen molar-refractivity contribution in [2.24, 2.45) is 5.92 Å². The second kappa shape index (κ2) is 4.26. The maximum Gasteiger partial charge on any atom is 0.169 e. The molecule has 1 N–H and O–H groups in total. The van der Waals surface area contributed by atoms with Gasteiger partial charge in [-0.2, -0.15) is 0 Å². The van der Waals surface area contributed by atoms with Crippen LogP contribution in [-0.2, 0) is 0 Å². The topological polar surface area (TPSA) is 54.4 Å². The van der Waals surface area contributed by atoms with Crippen LogP contribution in [0.5, 0.6) is 5.75 Å². The zero-order valence-corrected chi connectivity index (χ0v) is 9.07. The summed E-state index contributed by atoms with van der Waals surface area (Å²) in [6.45, 7) is 4.86. The molecule has 0 aliphatic heterocycles. The van der Waals surface area contributed by atoms with Gasteiger partial charge in [-0.1, -0.05) is 19.9 Å². The Hall–Kier alpha value is -1.64. The first kappa shape index (κ1) is 11.4. The molecule has 1 aromatic carbocycles. The molecular formula is C12H14O3. The molecule has 0 unspecified atom stereocenters. The van der Waals surface area contributed by atoms with Crippen LogP contribution in [0.15, 0.2) is 18.2 Å². The molecular weight excluding hydrogens is 192 g/mol. The number of carbonyl (C=O) groups is 2. The maximum atomic E-state index is 11.7.